The minimum Gasteiger partial charge on any atom is -0.478 e. The van der Waals surface area contributed by atoms with Crippen LogP contribution in [-0.4, -0.2) is 35.0 Å². The molecule has 2 aromatic carbocycles. The highest BCUT2D eigenvalue weighted by atomic mass is 19.2. The van der Waals surface area contributed by atoms with Gasteiger partial charge in [0.05, 0.1) is 12.0 Å². The molecular formula is C20H18F3NO3. The van der Waals surface area contributed by atoms with Crippen LogP contribution in [0, 0.1) is 17.5 Å². The summed E-state index contributed by atoms with van der Waals surface area (Å²) in [6.07, 6.45) is 1.32. The van der Waals surface area contributed by atoms with E-state index >= 15 is 0 Å². The molecule has 0 saturated carbocycles. The predicted octanol–water partition coefficient (Wildman–Crippen LogP) is 3.75. The molecule has 0 bridgehead atoms. The van der Waals surface area contributed by atoms with Crippen molar-refractivity contribution in [1.29, 1.82) is 0 Å². The first-order valence-electron chi connectivity index (χ1n) is 8.59. The van der Waals surface area contributed by atoms with Gasteiger partial charge in [0, 0.05) is 19.0 Å². The van der Waals surface area contributed by atoms with E-state index in [0.29, 0.717) is 13.1 Å². The highest BCUT2D eigenvalue weighted by molar-refractivity contribution is 5.87. The summed E-state index contributed by atoms with van der Waals surface area (Å²) >= 11 is 0. The second-order valence-electron chi connectivity index (χ2n) is 6.66. The van der Waals surface area contributed by atoms with Crippen LogP contribution >= 0.6 is 0 Å². The maximum atomic E-state index is 13.3. The summed E-state index contributed by atoms with van der Waals surface area (Å²) in [6, 6.07) is 8.27. The van der Waals surface area contributed by atoms with Crippen LogP contribution in [0.2, 0.25) is 0 Å². The second-order valence-corrected chi connectivity index (χ2v) is 6.66. The van der Waals surface area contributed by atoms with Gasteiger partial charge in [-0.15, -0.1) is 0 Å². The fourth-order valence-electron chi connectivity index (χ4n) is 3.40. The first-order chi connectivity index (χ1) is 12.8. The van der Waals surface area contributed by atoms with Gasteiger partial charge in [0.15, 0.2) is 17.5 Å². The highest BCUT2D eigenvalue weighted by Gasteiger charge is 2.25. The van der Waals surface area contributed by atoms with Crippen molar-refractivity contribution in [1.82, 2.24) is 4.90 Å². The molecule has 4 nitrogen and oxygen atoms in total. The number of hydrogen-bond acceptors (Lipinski definition) is 2. The van der Waals surface area contributed by atoms with E-state index in [4.69, 9.17) is 5.11 Å². The van der Waals surface area contributed by atoms with Crippen molar-refractivity contribution in [3.05, 3.63) is 70.5 Å². The number of aromatic carboxylic acids is 1. The van der Waals surface area contributed by atoms with Gasteiger partial charge in [0.2, 0.25) is 5.91 Å². The highest BCUT2D eigenvalue weighted by Crippen LogP contribution is 2.28. The molecule has 0 aliphatic carbocycles. The summed E-state index contributed by atoms with van der Waals surface area (Å²) < 4.78 is 39.7. The Morgan fingerprint density at radius 2 is 1.81 bits per heavy atom. The third-order valence-electron chi connectivity index (χ3n) is 4.78. The van der Waals surface area contributed by atoms with Crippen LogP contribution in [0.5, 0.6) is 0 Å². The molecule has 27 heavy (non-hydrogen) atoms. The standard InChI is InChI=1S/C20H18F3NO3/c21-16-7-12(8-17(22)19(16)23)9-18(25)24-6-2-5-15(11-24)13-3-1-4-14(10-13)20(26)27/h1,3-4,7-8,10,15H,2,5-6,9,11H2,(H,26,27)/t15-/m0/s1. The lowest BCUT2D eigenvalue weighted by molar-refractivity contribution is -0.131. The Hall–Kier alpha value is -2.83. The molecule has 1 aliphatic rings. The fraction of sp³-hybridized carbons (Fsp3) is 0.300. The van der Waals surface area contributed by atoms with Gasteiger partial charge in [-0.1, -0.05) is 12.1 Å². The number of carbonyl (C=O) groups is 2. The second kappa shape index (κ2) is 7.82. The van der Waals surface area contributed by atoms with Gasteiger partial charge in [-0.25, -0.2) is 18.0 Å². The molecule has 1 heterocycles. The van der Waals surface area contributed by atoms with Crippen molar-refractivity contribution in [2.45, 2.75) is 25.2 Å². The van der Waals surface area contributed by atoms with Gasteiger partial charge in [-0.2, -0.15) is 0 Å². The zero-order chi connectivity index (χ0) is 19.6. The molecule has 1 saturated heterocycles. The molecule has 1 atom stereocenters. The molecule has 1 amide bonds. The number of rotatable bonds is 4. The summed E-state index contributed by atoms with van der Waals surface area (Å²) in [5, 5.41) is 9.12. The molecule has 7 heteroatoms. The quantitative estimate of drug-likeness (QED) is 0.826. The van der Waals surface area contributed by atoms with E-state index in [2.05, 4.69) is 0 Å². The molecule has 1 fully saturated rings. The van der Waals surface area contributed by atoms with E-state index in [9.17, 15) is 22.8 Å². The summed E-state index contributed by atoms with van der Waals surface area (Å²) in [6.45, 7) is 0.911. The molecule has 0 spiro atoms. The number of amides is 1. The molecule has 1 aliphatic heterocycles. The SMILES string of the molecule is O=C(O)c1cccc([C@H]2CCCN(C(=O)Cc3cc(F)c(F)c(F)c3)C2)c1. The number of likely N-dealkylation sites (tertiary alicyclic amines) is 1. The van der Waals surface area contributed by atoms with E-state index in [-0.39, 0.29) is 29.4 Å². The van der Waals surface area contributed by atoms with E-state index in [1.807, 2.05) is 6.07 Å². The van der Waals surface area contributed by atoms with Crippen molar-refractivity contribution in [3.63, 3.8) is 0 Å². The first-order valence-corrected chi connectivity index (χ1v) is 8.59. The summed E-state index contributed by atoms with van der Waals surface area (Å²) in [7, 11) is 0. The number of carboxylic acids is 1. The van der Waals surface area contributed by atoms with Crippen LogP contribution in [0.1, 0.15) is 40.2 Å². The van der Waals surface area contributed by atoms with Crippen molar-refractivity contribution in [2.75, 3.05) is 13.1 Å². The van der Waals surface area contributed by atoms with Crippen molar-refractivity contribution >= 4 is 11.9 Å². The van der Waals surface area contributed by atoms with E-state index < -0.39 is 23.4 Å². The number of piperidine rings is 1. The molecular weight excluding hydrogens is 359 g/mol. The van der Waals surface area contributed by atoms with Crippen LogP contribution in [0.3, 0.4) is 0 Å². The molecule has 3 rings (SSSR count). The predicted molar refractivity (Wildman–Crippen MR) is 92.0 cm³/mol. The van der Waals surface area contributed by atoms with Crippen LogP contribution in [-0.2, 0) is 11.2 Å². The minimum atomic E-state index is -1.55. The lowest BCUT2D eigenvalue weighted by atomic mass is 9.89. The first kappa shape index (κ1) is 18.9. The normalized spacial score (nSPS) is 17.0. The summed E-state index contributed by atoms with van der Waals surface area (Å²) in [4.78, 5) is 25.3. The van der Waals surface area contributed by atoms with Gasteiger partial charge in [-0.3, -0.25) is 4.79 Å². The zero-order valence-corrected chi connectivity index (χ0v) is 14.4. The van der Waals surface area contributed by atoms with Crippen molar-refractivity contribution in [2.24, 2.45) is 0 Å². The van der Waals surface area contributed by atoms with E-state index in [1.54, 1.807) is 17.0 Å². The lowest BCUT2D eigenvalue weighted by Gasteiger charge is -2.33. The van der Waals surface area contributed by atoms with Crippen molar-refractivity contribution in [3.8, 4) is 0 Å². The van der Waals surface area contributed by atoms with Crippen LogP contribution in [0.15, 0.2) is 36.4 Å². The largest absolute Gasteiger partial charge is 0.478 e. The van der Waals surface area contributed by atoms with Crippen LogP contribution < -0.4 is 0 Å². The molecule has 0 unspecified atom stereocenters. The van der Waals surface area contributed by atoms with E-state index in [0.717, 1.165) is 30.5 Å². The molecule has 142 valence electrons. The van der Waals surface area contributed by atoms with Crippen LogP contribution in [0.25, 0.3) is 0 Å². The van der Waals surface area contributed by atoms with Gasteiger partial charge in [0.1, 0.15) is 0 Å². The Balaban J connectivity index is 1.71. The Morgan fingerprint density at radius 1 is 1.11 bits per heavy atom. The molecule has 0 aromatic heterocycles. The monoisotopic (exact) mass is 377 g/mol. The van der Waals surface area contributed by atoms with Gasteiger partial charge in [-0.05, 0) is 48.2 Å². The number of halogens is 3. The number of hydrogen-bond donors (Lipinski definition) is 1. The number of carbonyl (C=O) groups excluding carboxylic acids is 1. The smallest absolute Gasteiger partial charge is 0.335 e. The van der Waals surface area contributed by atoms with Crippen LogP contribution in [0.4, 0.5) is 13.2 Å². The fourth-order valence-corrected chi connectivity index (χ4v) is 3.40. The van der Waals surface area contributed by atoms with Crippen molar-refractivity contribution < 1.29 is 27.9 Å². The summed E-state index contributed by atoms with van der Waals surface area (Å²) in [5.74, 6) is -5.52. The Morgan fingerprint density at radius 3 is 2.48 bits per heavy atom. The van der Waals surface area contributed by atoms with Gasteiger partial charge in [0.25, 0.3) is 0 Å². The average molecular weight is 377 g/mol. The zero-order valence-electron chi connectivity index (χ0n) is 14.4. The maximum Gasteiger partial charge on any atom is 0.335 e. The third kappa shape index (κ3) is 4.30. The lowest BCUT2D eigenvalue weighted by Crippen LogP contribution is -2.40. The summed E-state index contributed by atoms with van der Waals surface area (Å²) in [5.41, 5.74) is 1.10. The average Bonchev–Trinajstić information content (AvgIpc) is 2.66. The Bertz CT molecular complexity index is 862. The Kier molecular flexibility index (Phi) is 5.48. The molecule has 0 radical (unpaired) electrons. The van der Waals surface area contributed by atoms with Gasteiger partial charge >= 0.3 is 5.97 Å². The molecule has 2 aromatic rings. The minimum absolute atomic E-state index is 0.0105. The maximum absolute atomic E-state index is 13.3. The third-order valence-corrected chi connectivity index (χ3v) is 4.78. The Labute approximate surface area is 154 Å². The topological polar surface area (TPSA) is 57.6 Å². The van der Waals surface area contributed by atoms with E-state index in [1.165, 1.54) is 6.07 Å². The van der Waals surface area contributed by atoms with Gasteiger partial charge < -0.3 is 10.0 Å². The molecule has 1 N–H and O–H groups in total. The number of benzene rings is 2. The number of nitrogens with zero attached hydrogens (tertiary/aromatic N) is 1. The number of carboxylic acid groups (broad SMARTS) is 1.